The van der Waals surface area contributed by atoms with E-state index < -0.39 is 0 Å². The van der Waals surface area contributed by atoms with Gasteiger partial charge in [-0.3, -0.25) is 9.59 Å². The molecule has 0 aromatic heterocycles. The van der Waals surface area contributed by atoms with E-state index in [2.05, 4.69) is 17.1 Å². The molecular weight excluding hydrogens is 290 g/mol. The zero-order valence-corrected chi connectivity index (χ0v) is 15.3. The second-order valence-electron chi connectivity index (χ2n) is 6.65. The number of anilines is 2. The predicted molar refractivity (Wildman–Crippen MR) is 99.7 cm³/mol. The molecule has 0 atom stereocenters. The van der Waals surface area contributed by atoms with Gasteiger partial charge in [0.25, 0.3) is 10.9 Å². The van der Waals surface area contributed by atoms with Crippen LogP contribution < -0.4 is 21.1 Å². The lowest BCUT2D eigenvalue weighted by atomic mass is 10.1. The Balaban J connectivity index is 2.37. The molecular formula is C18H33N3O2. The van der Waals surface area contributed by atoms with Crippen molar-refractivity contribution >= 4 is 11.4 Å². The van der Waals surface area contributed by atoms with Gasteiger partial charge in [-0.2, -0.15) is 0 Å². The molecule has 0 fully saturated rings. The summed E-state index contributed by atoms with van der Waals surface area (Å²) in [4.78, 5) is 27.6. The number of nitrogens with one attached hydrogen (secondary N) is 1. The highest BCUT2D eigenvalue weighted by molar-refractivity contribution is 5.74. The maximum Gasteiger partial charge on any atom is 0.253 e. The first kappa shape index (κ1) is 19.7. The van der Waals surface area contributed by atoms with Crippen molar-refractivity contribution in [1.29, 1.82) is 0 Å². The summed E-state index contributed by atoms with van der Waals surface area (Å²) in [6.45, 7) is 4.74. The number of rotatable bonds is 13. The van der Waals surface area contributed by atoms with E-state index in [0.717, 1.165) is 32.5 Å². The summed E-state index contributed by atoms with van der Waals surface area (Å²) in [5.41, 5.74) is 0.392. The van der Waals surface area contributed by atoms with Crippen molar-refractivity contribution in [1.82, 2.24) is 4.90 Å². The van der Waals surface area contributed by atoms with Crippen LogP contribution in [0.5, 0.6) is 0 Å². The Labute approximate surface area is 140 Å². The van der Waals surface area contributed by atoms with Gasteiger partial charge in [-0.05, 0) is 33.5 Å². The first-order valence-corrected chi connectivity index (χ1v) is 8.92. The van der Waals surface area contributed by atoms with Gasteiger partial charge in [-0.15, -0.1) is 0 Å². The van der Waals surface area contributed by atoms with Crippen molar-refractivity contribution in [2.45, 2.75) is 51.9 Å². The van der Waals surface area contributed by atoms with Crippen molar-refractivity contribution < 1.29 is 0 Å². The first-order valence-electron chi connectivity index (χ1n) is 8.92. The van der Waals surface area contributed by atoms with Gasteiger partial charge in [-0.1, -0.05) is 39.0 Å². The maximum atomic E-state index is 11.8. The van der Waals surface area contributed by atoms with Gasteiger partial charge >= 0.3 is 0 Å². The molecule has 0 unspecified atom stereocenters. The summed E-state index contributed by atoms with van der Waals surface area (Å²) in [6, 6.07) is 0. The summed E-state index contributed by atoms with van der Waals surface area (Å²) in [5, 5.41) is 3.18. The molecule has 1 N–H and O–H groups in total. The maximum absolute atomic E-state index is 11.8. The van der Waals surface area contributed by atoms with Gasteiger partial charge in [0.1, 0.15) is 11.4 Å². The molecule has 0 spiro atoms. The summed E-state index contributed by atoms with van der Waals surface area (Å²) in [7, 11) is 5.96. The molecule has 0 bridgehead atoms. The van der Waals surface area contributed by atoms with Crippen LogP contribution in [0.25, 0.3) is 0 Å². The molecule has 1 aromatic rings. The molecule has 0 radical (unpaired) electrons. The van der Waals surface area contributed by atoms with E-state index in [1.807, 2.05) is 26.0 Å². The van der Waals surface area contributed by atoms with Crippen LogP contribution in [0.15, 0.2) is 9.59 Å². The molecule has 0 heterocycles. The fourth-order valence-electron chi connectivity index (χ4n) is 2.76. The molecule has 0 saturated heterocycles. The monoisotopic (exact) mass is 323 g/mol. The van der Waals surface area contributed by atoms with E-state index in [1.54, 1.807) is 0 Å². The Morgan fingerprint density at radius 2 is 1.48 bits per heavy atom. The molecule has 0 amide bonds. The summed E-state index contributed by atoms with van der Waals surface area (Å²) in [5.74, 6) is 0. The fraction of sp³-hybridized carbons (Fsp3) is 0.778. The molecule has 0 saturated carbocycles. The molecule has 1 aromatic carbocycles. The van der Waals surface area contributed by atoms with E-state index in [1.165, 1.54) is 32.1 Å². The third-order valence-electron chi connectivity index (χ3n) is 4.20. The summed E-state index contributed by atoms with van der Waals surface area (Å²) in [6.07, 6.45) is 8.29. The highest BCUT2D eigenvalue weighted by Gasteiger charge is 2.23. The molecule has 132 valence electrons. The van der Waals surface area contributed by atoms with Crippen molar-refractivity contribution in [3.63, 3.8) is 0 Å². The van der Waals surface area contributed by atoms with E-state index in [0.29, 0.717) is 11.4 Å². The molecule has 5 heteroatoms. The first-order chi connectivity index (χ1) is 11.0. The quantitative estimate of drug-likeness (QED) is 0.446. The molecule has 1 rings (SSSR count). The lowest BCUT2D eigenvalue weighted by Gasteiger charge is -2.24. The Morgan fingerprint density at radius 1 is 0.826 bits per heavy atom. The largest absolute Gasteiger partial charge is 0.380 e. The minimum Gasteiger partial charge on any atom is -0.380 e. The van der Waals surface area contributed by atoms with Crippen LogP contribution in [0.3, 0.4) is 0 Å². The van der Waals surface area contributed by atoms with Crippen LogP contribution in [-0.4, -0.2) is 45.7 Å². The SMILES string of the molecule is CCCCCCCCNc1c(N(C)CCCN(C)C)c(=O)c1=O. The minimum atomic E-state index is -0.356. The summed E-state index contributed by atoms with van der Waals surface area (Å²) >= 11 is 0. The van der Waals surface area contributed by atoms with E-state index in [9.17, 15) is 9.59 Å². The van der Waals surface area contributed by atoms with Gasteiger partial charge in [0.15, 0.2) is 0 Å². The molecule has 0 aliphatic carbocycles. The van der Waals surface area contributed by atoms with Crippen molar-refractivity contribution in [3.8, 4) is 0 Å². The predicted octanol–water partition coefficient (Wildman–Crippen LogP) is 2.44. The van der Waals surface area contributed by atoms with Gasteiger partial charge in [0.05, 0.1) is 0 Å². The van der Waals surface area contributed by atoms with Crippen LogP contribution in [-0.2, 0) is 0 Å². The van der Waals surface area contributed by atoms with Crippen molar-refractivity contribution in [2.75, 3.05) is 51.0 Å². The van der Waals surface area contributed by atoms with Crippen LogP contribution >= 0.6 is 0 Å². The lowest BCUT2D eigenvalue weighted by molar-refractivity contribution is 0.401. The van der Waals surface area contributed by atoms with Gasteiger partial charge in [-0.25, -0.2) is 0 Å². The Kier molecular flexibility index (Phi) is 8.92. The van der Waals surface area contributed by atoms with Crippen LogP contribution in [0, 0.1) is 0 Å². The number of unbranched alkanes of at least 4 members (excludes halogenated alkanes) is 5. The lowest BCUT2D eigenvalue weighted by Crippen LogP contribution is -2.42. The number of hydrogen-bond donors (Lipinski definition) is 1. The average Bonchev–Trinajstić information content (AvgIpc) is 2.51. The Bertz CT molecular complexity index is 518. The third-order valence-corrected chi connectivity index (χ3v) is 4.20. The van der Waals surface area contributed by atoms with Crippen molar-refractivity contribution in [2.24, 2.45) is 0 Å². The van der Waals surface area contributed by atoms with Crippen molar-refractivity contribution in [3.05, 3.63) is 20.4 Å². The summed E-state index contributed by atoms with van der Waals surface area (Å²) < 4.78 is 0. The smallest absolute Gasteiger partial charge is 0.253 e. The van der Waals surface area contributed by atoms with Crippen LogP contribution in [0.2, 0.25) is 0 Å². The van der Waals surface area contributed by atoms with Gasteiger partial charge in [0.2, 0.25) is 0 Å². The number of hydrogen-bond acceptors (Lipinski definition) is 5. The Morgan fingerprint density at radius 3 is 2.13 bits per heavy atom. The highest BCUT2D eigenvalue weighted by atomic mass is 16.2. The third kappa shape index (κ3) is 6.34. The zero-order chi connectivity index (χ0) is 17.2. The average molecular weight is 323 g/mol. The topological polar surface area (TPSA) is 52.6 Å². The minimum absolute atomic E-state index is 0.345. The Hall–Kier alpha value is -1.36. The zero-order valence-electron chi connectivity index (χ0n) is 15.3. The molecule has 23 heavy (non-hydrogen) atoms. The van der Waals surface area contributed by atoms with Crippen LogP contribution in [0.4, 0.5) is 11.4 Å². The molecule has 0 aliphatic rings. The highest BCUT2D eigenvalue weighted by Crippen LogP contribution is 2.19. The van der Waals surface area contributed by atoms with Gasteiger partial charge in [0, 0.05) is 20.1 Å². The molecule has 5 nitrogen and oxygen atoms in total. The normalized spacial score (nSPS) is 11.3. The van der Waals surface area contributed by atoms with Crippen LogP contribution in [0.1, 0.15) is 51.9 Å². The molecule has 0 aliphatic heterocycles. The number of nitrogens with zero attached hydrogens (tertiary/aromatic N) is 2. The fourth-order valence-corrected chi connectivity index (χ4v) is 2.76. The van der Waals surface area contributed by atoms with E-state index in [4.69, 9.17) is 0 Å². The van der Waals surface area contributed by atoms with E-state index in [-0.39, 0.29) is 10.9 Å². The second-order valence-corrected chi connectivity index (χ2v) is 6.65. The second kappa shape index (κ2) is 10.4. The standard InChI is InChI=1S/C18H33N3O2/c1-5-6-7-8-9-10-12-19-15-16(18(23)17(15)22)21(4)14-11-13-20(2)3/h19H,5-14H2,1-4H3. The van der Waals surface area contributed by atoms with Gasteiger partial charge < -0.3 is 15.1 Å². The van der Waals surface area contributed by atoms with E-state index >= 15 is 0 Å².